The zero-order valence-corrected chi connectivity index (χ0v) is 9.84. The van der Waals surface area contributed by atoms with Crippen molar-refractivity contribution in [3.8, 4) is 5.75 Å². The van der Waals surface area contributed by atoms with Gasteiger partial charge in [0.15, 0.2) is 6.10 Å². The number of methoxy groups -OCH3 is 1. The highest BCUT2D eigenvalue weighted by atomic mass is 16.6. The molecular weight excluding hydrogens is 238 g/mol. The van der Waals surface area contributed by atoms with Gasteiger partial charge in [-0.3, -0.25) is 0 Å². The zero-order valence-electron chi connectivity index (χ0n) is 9.84. The average Bonchev–Trinajstić information content (AvgIpc) is 2.81. The third kappa shape index (κ3) is 2.91. The van der Waals surface area contributed by atoms with Crippen LogP contribution in [0.3, 0.4) is 0 Å². The Morgan fingerprint density at radius 1 is 1.56 bits per heavy atom. The molecule has 96 valence electrons. The van der Waals surface area contributed by atoms with E-state index in [4.69, 9.17) is 9.47 Å². The van der Waals surface area contributed by atoms with Crippen molar-refractivity contribution in [2.75, 3.05) is 20.3 Å². The third-order valence-corrected chi connectivity index (χ3v) is 2.44. The first-order chi connectivity index (χ1) is 8.69. The predicted molar refractivity (Wildman–Crippen MR) is 61.5 cm³/mol. The van der Waals surface area contributed by atoms with Gasteiger partial charge in [0, 0.05) is 0 Å². The molecule has 1 aromatic carbocycles. The van der Waals surface area contributed by atoms with Crippen molar-refractivity contribution in [2.24, 2.45) is 0 Å². The first-order valence-electron chi connectivity index (χ1n) is 5.44. The lowest BCUT2D eigenvalue weighted by Gasteiger charge is -2.10. The average molecular weight is 251 g/mol. The summed E-state index contributed by atoms with van der Waals surface area (Å²) in [6, 6.07) is 6.63. The van der Waals surface area contributed by atoms with Crippen molar-refractivity contribution in [1.29, 1.82) is 0 Å². The van der Waals surface area contributed by atoms with Gasteiger partial charge in [0.2, 0.25) is 0 Å². The molecule has 0 bridgehead atoms. The fourth-order valence-electron chi connectivity index (χ4n) is 1.54. The summed E-state index contributed by atoms with van der Waals surface area (Å²) in [5.74, 6) is 0.107. The molecule has 2 rings (SSSR count). The fourth-order valence-corrected chi connectivity index (χ4v) is 1.54. The molecule has 0 aromatic heterocycles. The number of amides is 1. The van der Waals surface area contributed by atoms with Gasteiger partial charge < -0.3 is 19.5 Å². The number of esters is 1. The molecular formula is C12H13NO5. The van der Waals surface area contributed by atoms with Crippen LogP contribution in [0.5, 0.6) is 5.75 Å². The van der Waals surface area contributed by atoms with E-state index in [1.807, 2.05) is 0 Å². The van der Waals surface area contributed by atoms with E-state index in [2.05, 4.69) is 10.1 Å². The monoisotopic (exact) mass is 251 g/mol. The Kier molecular flexibility index (Phi) is 3.66. The van der Waals surface area contributed by atoms with E-state index >= 15 is 0 Å². The van der Waals surface area contributed by atoms with E-state index in [0.717, 1.165) is 0 Å². The van der Waals surface area contributed by atoms with E-state index in [9.17, 15) is 9.59 Å². The van der Waals surface area contributed by atoms with Crippen LogP contribution < -0.4 is 10.1 Å². The first kappa shape index (κ1) is 12.2. The molecule has 1 heterocycles. The molecule has 0 aliphatic carbocycles. The van der Waals surface area contributed by atoms with E-state index in [1.54, 1.807) is 24.3 Å². The number of rotatable bonds is 4. The maximum Gasteiger partial charge on any atom is 0.407 e. The Morgan fingerprint density at radius 3 is 3.06 bits per heavy atom. The van der Waals surface area contributed by atoms with Crippen molar-refractivity contribution in [1.82, 2.24) is 5.32 Å². The number of ether oxygens (including phenoxy) is 3. The number of cyclic esters (lactones) is 1. The van der Waals surface area contributed by atoms with Crippen LogP contribution >= 0.6 is 0 Å². The topological polar surface area (TPSA) is 73.9 Å². The Hall–Kier alpha value is -2.24. The highest BCUT2D eigenvalue weighted by molar-refractivity contribution is 5.89. The number of carbonyl (C=O) groups is 2. The normalized spacial score (nSPS) is 17.8. The summed E-state index contributed by atoms with van der Waals surface area (Å²) < 4.78 is 15.0. The number of alkyl carbamates (subject to hydrolysis) is 1. The summed E-state index contributed by atoms with van der Waals surface area (Å²) in [5.41, 5.74) is 0.413. The summed E-state index contributed by atoms with van der Waals surface area (Å²) >= 11 is 0. The maximum absolute atomic E-state index is 11.3. The second kappa shape index (κ2) is 5.39. The number of hydrogen-bond donors (Lipinski definition) is 1. The highest BCUT2D eigenvalue weighted by Gasteiger charge is 2.22. The summed E-state index contributed by atoms with van der Waals surface area (Å²) in [6.07, 6.45) is -0.744. The first-order valence-corrected chi connectivity index (χ1v) is 5.44. The van der Waals surface area contributed by atoms with Crippen molar-refractivity contribution in [3.05, 3.63) is 29.8 Å². The van der Waals surface area contributed by atoms with Crippen molar-refractivity contribution >= 4 is 12.1 Å². The minimum Gasteiger partial charge on any atom is -0.490 e. The van der Waals surface area contributed by atoms with E-state index in [-0.39, 0.29) is 12.7 Å². The second-order valence-electron chi connectivity index (χ2n) is 3.74. The van der Waals surface area contributed by atoms with Crippen LogP contribution in [0, 0.1) is 0 Å². The quantitative estimate of drug-likeness (QED) is 0.807. The Balaban J connectivity index is 1.93. The Labute approximate surface area is 104 Å². The summed E-state index contributed by atoms with van der Waals surface area (Å²) in [5, 5.41) is 2.53. The van der Waals surface area contributed by atoms with Gasteiger partial charge in [-0.05, 0) is 18.2 Å². The van der Waals surface area contributed by atoms with E-state index in [1.165, 1.54) is 7.11 Å². The zero-order chi connectivity index (χ0) is 13.0. The summed E-state index contributed by atoms with van der Waals surface area (Å²) in [6.45, 7) is 0.666. The van der Waals surface area contributed by atoms with Crippen molar-refractivity contribution < 1.29 is 23.8 Å². The molecule has 1 fully saturated rings. The molecule has 0 saturated carbocycles. The molecule has 1 saturated heterocycles. The van der Waals surface area contributed by atoms with Gasteiger partial charge in [-0.25, -0.2) is 9.59 Å². The molecule has 1 amide bonds. The molecule has 6 heteroatoms. The molecule has 1 unspecified atom stereocenters. The highest BCUT2D eigenvalue weighted by Crippen LogP contribution is 2.15. The number of benzene rings is 1. The molecule has 0 spiro atoms. The molecule has 6 nitrogen and oxygen atoms in total. The van der Waals surface area contributed by atoms with Gasteiger partial charge in [0.25, 0.3) is 0 Å². The Morgan fingerprint density at radius 2 is 2.39 bits per heavy atom. The maximum atomic E-state index is 11.3. The van der Waals surface area contributed by atoms with Gasteiger partial charge in [-0.1, -0.05) is 6.07 Å². The Bertz CT molecular complexity index is 460. The third-order valence-electron chi connectivity index (χ3n) is 2.44. The van der Waals surface area contributed by atoms with Gasteiger partial charge >= 0.3 is 12.1 Å². The number of hydrogen-bond acceptors (Lipinski definition) is 5. The van der Waals surface area contributed by atoms with Gasteiger partial charge in [0.1, 0.15) is 12.4 Å². The van der Waals surface area contributed by atoms with Crippen LogP contribution in [0.25, 0.3) is 0 Å². The van der Waals surface area contributed by atoms with Crippen LogP contribution in [0.1, 0.15) is 10.4 Å². The molecule has 0 radical (unpaired) electrons. The van der Waals surface area contributed by atoms with Crippen molar-refractivity contribution in [3.63, 3.8) is 0 Å². The van der Waals surface area contributed by atoms with Gasteiger partial charge in [0.05, 0.1) is 19.2 Å². The molecule has 1 atom stereocenters. The minimum absolute atomic E-state index is 0.239. The lowest BCUT2D eigenvalue weighted by atomic mass is 10.2. The van der Waals surface area contributed by atoms with E-state index in [0.29, 0.717) is 17.9 Å². The smallest absolute Gasteiger partial charge is 0.407 e. The summed E-state index contributed by atoms with van der Waals surface area (Å²) in [4.78, 5) is 22.1. The lowest BCUT2D eigenvalue weighted by molar-refractivity contribution is 0.0600. The molecule has 1 N–H and O–H groups in total. The molecule has 1 aliphatic rings. The molecule has 18 heavy (non-hydrogen) atoms. The fraction of sp³-hybridized carbons (Fsp3) is 0.333. The number of carbonyl (C=O) groups excluding carboxylic acids is 2. The summed E-state index contributed by atoms with van der Waals surface area (Å²) in [7, 11) is 1.32. The largest absolute Gasteiger partial charge is 0.490 e. The predicted octanol–water partition coefficient (Wildman–Crippen LogP) is 0.960. The second-order valence-corrected chi connectivity index (χ2v) is 3.74. The SMILES string of the molecule is COC(=O)c1cccc(OCC2CNC(=O)O2)c1. The van der Waals surface area contributed by atoms with Gasteiger partial charge in [-0.2, -0.15) is 0 Å². The van der Waals surface area contributed by atoms with Gasteiger partial charge in [-0.15, -0.1) is 0 Å². The van der Waals surface area contributed by atoms with Crippen LogP contribution in [0.15, 0.2) is 24.3 Å². The molecule has 1 aromatic rings. The molecule has 1 aliphatic heterocycles. The van der Waals surface area contributed by atoms with Crippen LogP contribution in [0.2, 0.25) is 0 Å². The van der Waals surface area contributed by atoms with Crippen molar-refractivity contribution in [2.45, 2.75) is 6.10 Å². The lowest BCUT2D eigenvalue weighted by Crippen LogP contribution is -2.22. The van der Waals surface area contributed by atoms with Crippen LogP contribution in [-0.4, -0.2) is 38.4 Å². The van der Waals surface area contributed by atoms with Crippen LogP contribution in [0.4, 0.5) is 4.79 Å². The minimum atomic E-state index is -0.438. The van der Waals surface area contributed by atoms with Crippen LogP contribution in [-0.2, 0) is 9.47 Å². The standard InChI is InChI=1S/C12H13NO5/c1-16-11(14)8-3-2-4-9(5-8)17-7-10-6-13-12(15)18-10/h2-5,10H,6-7H2,1H3,(H,13,15). The van der Waals surface area contributed by atoms with E-state index < -0.39 is 12.1 Å². The number of nitrogens with one attached hydrogen (secondary N) is 1.